The number of halogens is 1. The van der Waals surface area contributed by atoms with Crippen LogP contribution in [0.3, 0.4) is 0 Å². The second-order valence-corrected chi connectivity index (χ2v) is 8.84. The van der Waals surface area contributed by atoms with E-state index in [-0.39, 0.29) is 17.8 Å². The summed E-state index contributed by atoms with van der Waals surface area (Å²) in [6.07, 6.45) is 1.53. The minimum atomic E-state index is -0.450. The number of hydrogen-bond donors (Lipinski definition) is 2. The van der Waals surface area contributed by atoms with Gasteiger partial charge in [0.15, 0.2) is 5.82 Å². The van der Waals surface area contributed by atoms with Gasteiger partial charge in [0.25, 0.3) is 0 Å². The molecule has 2 aliphatic rings. The monoisotopic (exact) mass is 456 g/mol. The molecule has 1 aromatic carbocycles. The third-order valence-electron chi connectivity index (χ3n) is 5.82. The number of anilines is 3. The molecule has 32 heavy (non-hydrogen) atoms. The van der Waals surface area contributed by atoms with Gasteiger partial charge in [-0.3, -0.25) is 0 Å². The number of ether oxygens (including phenoxy) is 1. The Hall–Kier alpha value is -2.98. The third kappa shape index (κ3) is 4.46. The number of thiophene rings is 1. The molecule has 0 saturated carbocycles. The van der Waals surface area contributed by atoms with Gasteiger partial charge in [0, 0.05) is 32.2 Å². The molecule has 0 bridgehead atoms. The van der Waals surface area contributed by atoms with Crippen molar-refractivity contribution in [3.05, 3.63) is 41.5 Å². The first kappa shape index (κ1) is 20.9. The minimum absolute atomic E-state index is 0.0154. The molecule has 2 saturated heterocycles. The number of morpholine rings is 1. The Morgan fingerprint density at radius 2 is 1.84 bits per heavy atom. The first-order valence-corrected chi connectivity index (χ1v) is 11.7. The smallest absolute Gasteiger partial charge is 0.319 e. The van der Waals surface area contributed by atoms with Gasteiger partial charge < -0.3 is 25.2 Å². The van der Waals surface area contributed by atoms with E-state index in [0.29, 0.717) is 13.2 Å². The first-order chi connectivity index (χ1) is 15.7. The van der Waals surface area contributed by atoms with E-state index in [1.807, 2.05) is 6.07 Å². The van der Waals surface area contributed by atoms with Crippen molar-refractivity contribution in [3.8, 4) is 0 Å². The van der Waals surface area contributed by atoms with Crippen LogP contribution in [-0.2, 0) is 4.74 Å². The maximum Gasteiger partial charge on any atom is 0.319 e. The zero-order chi connectivity index (χ0) is 21.9. The lowest BCUT2D eigenvalue weighted by atomic mass is 10.1. The third-order valence-corrected chi connectivity index (χ3v) is 6.72. The summed E-state index contributed by atoms with van der Waals surface area (Å²) in [6.45, 7) is 4.54. The predicted octanol–water partition coefficient (Wildman–Crippen LogP) is 3.46. The van der Waals surface area contributed by atoms with E-state index < -0.39 is 5.82 Å². The van der Waals surface area contributed by atoms with E-state index in [2.05, 4.69) is 25.8 Å². The summed E-state index contributed by atoms with van der Waals surface area (Å²) >= 11 is 1.66. The Morgan fingerprint density at radius 3 is 2.62 bits per heavy atom. The van der Waals surface area contributed by atoms with Crippen molar-refractivity contribution < 1.29 is 13.9 Å². The van der Waals surface area contributed by atoms with Gasteiger partial charge in [-0.05, 0) is 36.4 Å². The van der Waals surface area contributed by atoms with Crippen LogP contribution in [0.5, 0.6) is 0 Å². The number of urea groups is 1. The summed E-state index contributed by atoms with van der Waals surface area (Å²) in [4.78, 5) is 26.4. The number of rotatable bonds is 4. The molecule has 3 aromatic rings. The van der Waals surface area contributed by atoms with E-state index in [9.17, 15) is 9.18 Å². The normalized spacial score (nSPS) is 17.5. The number of para-hydroxylation sites is 1. The number of benzene rings is 1. The Labute approximate surface area is 189 Å². The molecule has 168 valence electrons. The number of carbonyl (C=O) groups excluding carboxylic acids is 1. The number of hydrogen-bond acceptors (Lipinski definition) is 7. The molecule has 8 nitrogen and oxygen atoms in total. The quantitative estimate of drug-likeness (QED) is 0.626. The molecule has 0 atom stereocenters. The fraction of sp³-hybridized carbons (Fsp3) is 0.409. The number of nitrogens with one attached hydrogen (secondary N) is 2. The van der Waals surface area contributed by atoms with Crippen molar-refractivity contribution in [2.45, 2.75) is 18.9 Å². The lowest BCUT2D eigenvalue weighted by molar-refractivity contribution is 0.122. The van der Waals surface area contributed by atoms with Crippen molar-refractivity contribution in [1.82, 2.24) is 15.3 Å². The van der Waals surface area contributed by atoms with Gasteiger partial charge in [0.05, 0.1) is 29.1 Å². The van der Waals surface area contributed by atoms with E-state index in [1.165, 1.54) is 6.07 Å². The average Bonchev–Trinajstić information content (AvgIpc) is 3.30. The first-order valence-electron chi connectivity index (χ1n) is 10.8. The number of amides is 2. The molecule has 2 aromatic heterocycles. The highest BCUT2D eigenvalue weighted by atomic mass is 32.1. The highest BCUT2D eigenvalue weighted by molar-refractivity contribution is 7.17. The van der Waals surface area contributed by atoms with Gasteiger partial charge in [0.2, 0.25) is 5.95 Å². The maximum absolute atomic E-state index is 13.7. The molecule has 2 fully saturated rings. The van der Waals surface area contributed by atoms with Crippen LogP contribution in [0.2, 0.25) is 0 Å². The lowest BCUT2D eigenvalue weighted by Gasteiger charge is -2.33. The summed E-state index contributed by atoms with van der Waals surface area (Å²) in [5, 5.41) is 7.59. The Kier molecular flexibility index (Phi) is 6.04. The second kappa shape index (κ2) is 9.25. The minimum Gasteiger partial charge on any atom is -0.378 e. The zero-order valence-electron chi connectivity index (χ0n) is 17.6. The van der Waals surface area contributed by atoms with Crippen molar-refractivity contribution >= 4 is 45.0 Å². The molecule has 4 heterocycles. The number of fused-ring (bicyclic) bond motifs is 1. The molecule has 10 heteroatoms. The van der Waals surface area contributed by atoms with Crippen molar-refractivity contribution in [2.75, 3.05) is 54.5 Å². The van der Waals surface area contributed by atoms with Crippen LogP contribution in [0.25, 0.3) is 10.2 Å². The highest BCUT2D eigenvalue weighted by Crippen LogP contribution is 2.32. The summed E-state index contributed by atoms with van der Waals surface area (Å²) in [7, 11) is 0. The standard InChI is InChI=1S/C22H25FN6O2S/c23-16-3-1-2-4-17(16)26-22(30)24-15-5-8-29(9-6-15)21-25-18-7-14-32-19(18)20(27-21)28-10-12-31-13-11-28/h1-4,7,14-15H,5-6,8-13H2,(H2,24,26,30). The summed E-state index contributed by atoms with van der Waals surface area (Å²) in [6, 6.07) is 7.81. The number of carbonyl (C=O) groups is 1. The van der Waals surface area contributed by atoms with Crippen LogP contribution in [0.4, 0.5) is 26.6 Å². The van der Waals surface area contributed by atoms with Gasteiger partial charge in [0.1, 0.15) is 5.82 Å². The van der Waals surface area contributed by atoms with Crippen molar-refractivity contribution in [2.24, 2.45) is 0 Å². The van der Waals surface area contributed by atoms with Crippen LogP contribution >= 0.6 is 11.3 Å². The van der Waals surface area contributed by atoms with Crippen LogP contribution in [0, 0.1) is 5.82 Å². The highest BCUT2D eigenvalue weighted by Gasteiger charge is 2.25. The van der Waals surface area contributed by atoms with Gasteiger partial charge in [-0.15, -0.1) is 11.3 Å². The average molecular weight is 457 g/mol. The molecule has 2 N–H and O–H groups in total. The zero-order valence-corrected chi connectivity index (χ0v) is 18.4. The second-order valence-electron chi connectivity index (χ2n) is 7.92. The summed E-state index contributed by atoms with van der Waals surface area (Å²) in [5.74, 6) is 1.26. The van der Waals surface area contributed by atoms with Gasteiger partial charge in [-0.1, -0.05) is 12.1 Å². The molecule has 0 spiro atoms. The van der Waals surface area contributed by atoms with Gasteiger partial charge >= 0.3 is 6.03 Å². The topological polar surface area (TPSA) is 82.6 Å². The SMILES string of the molecule is O=C(Nc1ccccc1F)NC1CCN(c2nc(N3CCOCC3)c3sccc3n2)CC1. The lowest BCUT2D eigenvalue weighted by Crippen LogP contribution is -2.46. The molecule has 0 aliphatic carbocycles. The van der Waals surface area contributed by atoms with E-state index in [0.717, 1.165) is 61.0 Å². The number of nitrogens with zero attached hydrogens (tertiary/aromatic N) is 4. The van der Waals surface area contributed by atoms with E-state index in [4.69, 9.17) is 14.7 Å². The molecule has 2 aliphatic heterocycles. The van der Waals surface area contributed by atoms with Crippen LogP contribution in [0.1, 0.15) is 12.8 Å². The van der Waals surface area contributed by atoms with Crippen LogP contribution < -0.4 is 20.4 Å². The molecule has 5 rings (SSSR count). The molecular formula is C22H25FN6O2S. The Balaban J connectivity index is 1.23. The van der Waals surface area contributed by atoms with Crippen molar-refractivity contribution in [3.63, 3.8) is 0 Å². The fourth-order valence-electron chi connectivity index (χ4n) is 4.10. The Bertz CT molecular complexity index is 1090. The summed E-state index contributed by atoms with van der Waals surface area (Å²) in [5.41, 5.74) is 1.14. The fourth-order valence-corrected chi connectivity index (χ4v) is 4.94. The molecule has 2 amide bonds. The van der Waals surface area contributed by atoms with E-state index >= 15 is 0 Å². The molecule has 0 radical (unpaired) electrons. The van der Waals surface area contributed by atoms with Crippen LogP contribution in [-0.4, -0.2) is 61.4 Å². The van der Waals surface area contributed by atoms with E-state index in [1.54, 1.807) is 29.5 Å². The summed E-state index contributed by atoms with van der Waals surface area (Å²) < 4.78 is 20.4. The molecular weight excluding hydrogens is 431 g/mol. The largest absolute Gasteiger partial charge is 0.378 e. The predicted molar refractivity (Wildman–Crippen MR) is 124 cm³/mol. The molecule has 0 unspecified atom stereocenters. The Morgan fingerprint density at radius 1 is 1.06 bits per heavy atom. The number of aromatic nitrogens is 2. The van der Waals surface area contributed by atoms with Crippen LogP contribution in [0.15, 0.2) is 35.7 Å². The van der Waals surface area contributed by atoms with Gasteiger partial charge in [-0.25, -0.2) is 14.2 Å². The van der Waals surface area contributed by atoms with Crippen molar-refractivity contribution in [1.29, 1.82) is 0 Å². The van der Waals surface area contributed by atoms with Gasteiger partial charge in [-0.2, -0.15) is 4.98 Å². The number of piperidine rings is 1. The maximum atomic E-state index is 13.7.